The van der Waals surface area contributed by atoms with Gasteiger partial charge in [-0.25, -0.2) is 0 Å². The van der Waals surface area contributed by atoms with Crippen LogP contribution in [0.5, 0.6) is 17.2 Å². The van der Waals surface area contributed by atoms with Crippen LogP contribution in [-0.4, -0.2) is 75.9 Å². The van der Waals surface area contributed by atoms with Crippen molar-refractivity contribution in [1.82, 2.24) is 9.80 Å². The van der Waals surface area contributed by atoms with E-state index in [4.69, 9.17) is 23.4 Å². The van der Waals surface area contributed by atoms with Crippen molar-refractivity contribution < 1.29 is 28.2 Å². The highest BCUT2D eigenvalue weighted by molar-refractivity contribution is 5.99. The van der Waals surface area contributed by atoms with Crippen LogP contribution in [0.4, 0.5) is 0 Å². The fraction of sp³-hybridized carbons (Fsp3) is 0.429. The summed E-state index contributed by atoms with van der Waals surface area (Å²) in [6.07, 6.45) is 0.741. The highest BCUT2D eigenvalue weighted by Gasteiger charge is 2.43. The number of nitrogens with zero attached hydrogens (tertiary/aromatic N) is 2. The van der Waals surface area contributed by atoms with Crippen LogP contribution in [0.3, 0.4) is 0 Å². The Morgan fingerprint density at radius 2 is 1.76 bits per heavy atom. The van der Waals surface area contributed by atoms with Crippen molar-refractivity contribution in [3.8, 4) is 17.2 Å². The second kappa shape index (κ2) is 10.8. The van der Waals surface area contributed by atoms with Crippen LogP contribution in [0.25, 0.3) is 11.0 Å². The number of rotatable bonds is 9. The minimum absolute atomic E-state index is 0.0624. The van der Waals surface area contributed by atoms with E-state index in [1.807, 2.05) is 13.0 Å². The third kappa shape index (κ3) is 4.76. The van der Waals surface area contributed by atoms with E-state index in [0.717, 1.165) is 26.1 Å². The van der Waals surface area contributed by atoms with Gasteiger partial charge in [-0.3, -0.25) is 14.5 Å². The van der Waals surface area contributed by atoms with Gasteiger partial charge in [-0.15, -0.1) is 0 Å². The molecule has 1 amide bonds. The number of carbonyl (C=O) groups is 1. The van der Waals surface area contributed by atoms with E-state index < -0.39 is 6.04 Å². The number of benzene rings is 2. The number of methoxy groups -OCH3 is 2. The summed E-state index contributed by atoms with van der Waals surface area (Å²) in [6.45, 7) is 6.81. The van der Waals surface area contributed by atoms with Crippen LogP contribution in [0.15, 0.2) is 45.6 Å². The molecule has 0 bridgehead atoms. The van der Waals surface area contributed by atoms with Gasteiger partial charge in [-0.1, -0.05) is 0 Å². The Morgan fingerprint density at radius 1 is 0.973 bits per heavy atom. The Bertz CT molecular complexity index is 1350. The van der Waals surface area contributed by atoms with Gasteiger partial charge in [0.15, 0.2) is 5.43 Å². The maximum atomic E-state index is 13.9. The van der Waals surface area contributed by atoms with Crippen molar-refractivity contribution in [3.05, 3.63) is 63.5 Å². The van der Waals surface area contributed by atoms with Gasteiger partial charge in [0, 0.05) is 37.8 Å². The van der Waals surface area contributed by atoms with Crippen molar-refractivity contribution >= 4 is 16.9 Å². The number of ether oxygens (including phenoxy) is 4. The molecule has 9 heteroatoms. The maximum Gasteiger partial charge on any atom is 0.290 e. The molecule has 3 aromatic rings. The van der Waals surface area contributed by atoms with Crippen LogP contribution < -0.4 is 19.6 Å². The zero-order valence-electron chi connectivity index (χ0n) is 21.5. The maximum absolute atomic E-state index is 13.9. The molecule has 0 aliphatic carbocycles. The molecule has 5 rings (SSSR count). The van der Waals surface area contributed by atoms with Crippen LogP contribution in [-0.2, 0) is 4.74 Å². The molecule has 3 heterocycles. The molecule has 1 aromatic heterocycles. The standard InChI is InChI=1S/C28H32N2O7/c1-4-36-19-6-8-20-23(17-19)37-27-24(26(20)31)25(21-16-18(33-2)7-9-22(21)34-3)30(28(27)32)11-5-10-29-12-14-35-15-13-29/h6-9,16-17,25H,4-5,10-15H2,1-3H3. The van der Waals surface area contributed by atoms with Crippen LogP contribution in [0, 0.1) is 0 Å². The van der Waals surface area contributed by atoms with Crippen LogP contribution >= 0.6 is 0 Å². The van der Waals surface area contributed by atoms with Gasteiger partial charge >= 0.3 is 0 Å². The normalized spacial score (nSPS) is 17.8. The van der Waals surface area contributed by atoms with E-state index in [9.17, 15) is 9.59 Å². The lowest BCUT2D eigenvalue weighted by Gasteiger charge is -2.29. The monoisotopic (exact) mass is 508 g/mol. The lowest BCUT2D eigenvalue weighted by atomic mass is 9.97. The molecular formula is C28H32N2O7. The van der Waals surface area contributed by atoms with Crippen molar-refractivity contribution in [1.29, 1.82) is 0 Å². The molecule has 1 saturated heterocycles. The zero-order valence-corrected chi connectivity index (χ0v) is 21.5. The van der Waals surface area contributed by atoms with Gasteiger partial charge in [-0.05, 0) is 43.7 Å². The quantitative estimate of drug-likeness (QED) is 0.434. The van der Waals surface area contributed by atoms with E-state index >= 15 is 0 Å². The molecule has 37 heavy (non-hydrogen) atoms. The predicted molar refractivity (Wildman–Crippen MR) is 138 cm³/mol. The molecule has 1 unspecified atom stereocenters. The Balaban J connectivity index is 1.59. The van der Waals surface area contributed by atoms with Crippen molar-refractivity contribution in [2.75, 3.05) is 60.2 Å². The van der Waals surface area contributed by atoms with Gasteiger partial charge in [0.05, 0.1) is 51.0 Å². The van der Waals surface area contributed by atoms with Crippen LogP contribution in [0.1, 0.15) is 41.1 Å². The van der Waals surface area contributed by atoms with Gasteiger partial charge in [0.25, 0.3) is 5.91 Å². The lowest BCUT2D eigenvalue weighted by Crippen LogP contribution is -2.39. The Kier molecular flexibility index (Phi) is 7.34. The molecule has 1 fully saturated rings. The van der Waals surface area contributed by atoms with Crippen molar-refractivity contribution in [2.45, 2.75) is 19.4 Å². The molecular weight excluding hydrogens is 476 g/mol. The van der Waals surface area contributed by atoms with E-state index in [0.29, 0.717) is 65.7 Å². The molecule has 0 radical (unpaired) electrons. The molecule has 0 N–H and O–H groups in total. The summed E-state index contributed by atoms with van der Waals surface area (Å²) in [4.78, 5) is 31.7. The molecule has 0 spiro atoms. The first-order valence-electron chi connectivity index (χ1n) is 12.6. The fourth-order valence-electron chi connectivity index (χ4n) is 5.15. The summed E-state index contributed by atoms with van der Waals surface area (Å²) in [7, 11) is 3.15. The number of fused-ring (bicyclic) bond motifs is 2. The second-order valence-electron chi connectivity index (χ2n) is 9.08. The minimum atomic E-state index is -0.663. The average molecular weight is 509 g/mol. The summed E-state index contributed by atoms with van der Waals surface area (Å²) in [6, 6.07) is 9.84. The highest BCUT2D eigenvalue weighted by atomic mass is 16.5. The summed E-state index contributed by atoms with van der Waals surface area (Å²) < 4.78 is 28.3. The second-order valence-corrected chi connectivity index (χ2v) is 9.08. The minimum Gasteiger partial charge on any atom is -0.497 e. The smallest absolute Gasteiger partial charge is 0.290 e. The van der Waals surface area contributed by atoms with Crippen molar-refractivity contribution in [2.24, 2.45) is 0 Å². The zero-order chi connectivity index (χ0) is 25.9. The fourth-order valence-corrected chi connectivity index (χ4v) is 5.15. The summed E-state index contributed by atoms with van der Waals surface area (Å²) >= 11 is 0. The third-order valence-corrected chi connectivity index (χ3v) is 6.96. The first-order chi connectivity index (χ1) is 18.0. The number of carbonyl (C=O) groups excluding carboxylic acids is 1. The Hall–Kier alpha value is -3.56. The predicted octanol–water partition coefficient (Wildman–Crippen LogP) is 3.48. The molecule has 1 atom stereocenters. The summed E-state index contributed by atoms with van der Waals surface area (Å²) in [5, 5.41) is 0.400. The number of hydrogen-bond donors (Lipinski definition) is 0. The molecule has 9 nitrogen and oxygen atoms in total. The number of hydrogen-bond acceptors (Lipinski definition) is 8. The summed E-state index contributed by atoms with van der Waals surface area (Å²) in [5.41, 5.74) is 1.09. The molecule has 0 saturated carbocycles. The topological polar surface area (TPSA) is 90.7 Å². The first kappa shape index (κ1) is 25.1. The Morgan fingerprint density at radius 3 is 2.49 bits per heavy atom. The third-order valence-electron chi connectivity index (χ3n) is 6.96. The van der Waals surface area contributed by atoms with Gasteiger partial charge in [0.2, 0.25) is 5.76 Å². The van der Waals surface area contributed by atoms with Crippen molar-refractivity contribution in [3.63, 3.8) is 0 Å². The first-order valence-corrected chi connectivity index (χ1v) is 12.6. The highest BCUT2D eigenvalue weighted by Crippen LogP contribution is 2.43. The molecule has 196 valence electrons. The van der Waals surface area contributed by atoms with E-state index in [1.54, 1.807) is 49.5 Å². The van der Waals surface area contributed by atoms with E-state index in [-0.39, 0.29) is 17.1 Å². The lowest BCUT2D eigenvalue weighted by molar-refractivity contribution is 0.0353. The van der Waals surface area contributed by atoms with Gasteiger partial charge < -0.3 is 28.3 Å². The van der Waals surface area contributed by atoms with Crippen LogP contribution in [0.2, 0.25) is 0 Å². The number of morpholine rings is 1. The van der Waals surface area contributed by atoms with Gasteiger partial charge in [0.1, 0.15) is 22.8 Å². The SMILES string of the molecule is CCOc1ccc2c(=O)c3c(oc2c1)C(=O)N(CCCN1CCOCC1)C3c1cc(OC)ccc1OC. The molecule has 2 aliphatic rings. The van der Waals surface area contributed by atoms with E-state index in [2.05, 4.69) is 4.90 Å². The van der Waals surface area contributed by atoms with E-state index in [1.165, 1.54) is 0 Å². The summed E-state index contributed by atoms with van der Waals surface area (Å²) in [5.74, 6) is 1.50. The largest absolute Gasteiger partial charge is 0.497 e. The Labute approximate surface area is 215 Å². The molecule has 2 aliphatic heterocycles. The number of amides is 1. The molecule has 2 aromatic carbocycles. The average Bonchev–Trinajstić information content (AvgIpc) is 3.20. The van der Waals surface area contributed by atoms with Gasteiger partial charge in [-0.2, -0.15) is 0 Å².